The van der Waals surface area contributed by atoms with Crippen LogP contribution in [0, 0.1) is 5.92 Å². The van der Waals surface area contributed by atoms with Crippen LogP contribution in [0.25, 0.3) is 0 Å². The van der Waals surface area contributed by atoms with Crippen molar-refractivity contribution in [1.29, 1.82) is 0 Å². The fourth-order valence-corrected chi connectivity index (χ4v) is 1.98. The molecular weight excluding hydrogens is 419 g/mol. The molecule has 0 saturated carbocycles. The smallest absolute Gasteiger partial charge is 0.191 e. The highest BCUT2D eigenvalue weighted by atomic mass is 127. The summed E-state index contributed by atoms with van der Waals surface area (Å²) in [5.74, 6) is 1.48. The van der Waals surface area contributed by atoms with Gasteiger partial charge in [-0.05, 0) is 32.1 Å². The summed E-state index contributed by atoms with van der Waals surface area (Å²) in [6.07, 6.45) is 6.63. The monoisotopic (exact) mass is 452 g/mol. The molecule has 24 heavy (non-hydrogen) atoms. The molecule has 0 aliphatic carbocycles. The Morgan fingerprint density at radius 2 is 1.92 bits per heavy atom. The minimum absolute atomic E-state index is 0. The van der Waals surface area contributed by atoms with Gasteiger partial charge in [0.05, 0.1) is 0 Å². The van der Waals surface area contributed by atoms with Gasteiger partial charge >= 0.3 is 0 Å². The summed E-state index contributed by atoms with van der Waals surface area (Å²) in [5.41, 5.74) is 0. The van der Waals surface area contributed by atoms with Gasteiger partial charge < -0.3 is 19.9 Å². The Morgan fingerprint density at radius 1 is 1.17 bits per heavy atom. The van der Waals surface area contributed by atoms with Gasteiger partial charge in [0.25, 0.3) is 0 Å². The molecule has 1 rings (SSSR count). The first-order valence-electron chi connectivity index (χ1n) is 8.64. The molecular formula is C16H33IN6O. The standard InChI is InChI=1S/C16H32N6O.HI/c1-4-17-16(19-9-7-11-23-12-15(2)3)18-8-5-6-10-22-13-20-21-14-22;/h13-15H,4-12H2,1-3H3,(H2,17,18,19);1H. The van der Waals surface area contributed by atoms with E-state index in [2.05, 4.69) is 46.6 Å². The normalized spacial score (nSPS) is 11.4. The Balaban J connectivity index is 0.00000529. The van der Waals surface area contributed by atoms with Crippen molar-refractivity contribution in [2.45, 2.75) is 46.6 Å². The Morgan fingerprint density at radius 3 is 2.58 bits per heavy atom. The molecule has 0 amide bonds. The molecule has 140 valence electrons. The van der Waals surface area contributed by atoms with E-state index in [0.717, 1.165) is 64.6 Å². The van der Waals surface area contributed by atoms with E-state index in [-0.39, 0.29) is 24.0 Å². The maximum Gasteiger partial charge on any atom is 0.191 e. The third-order valence-corrected chi connectivity index (χ3v) is 3.11. The van der Waals surface area contributed by atoms with Crippen LogP contribution in [0.15, 0.2) is 17.6 Å². The molecule has 2 N–H and O–H groups in total. The van der Waals surface area contributed by atoms with Crippen LogP contribution >= 0.6 is 24.0 Å². The zero-order chi connectivity index (χ0) is 16.8. The van der Waals surface area contributed by atoms with E-state index in [0.29, 0.717) is 5.92 Å². The van der Waals surface area contributed by atoms with E-state index >= 15 is 0 Å². The average Bonchev–Trinajstić information content (AvgIpc) is 3.03. The maximum absolute atomic E-state index is 5.56. The Labute approximate surface area is 163 Å². The number of aryl methyl sites for hydroxylation is 1. The van der Waals surface area contributed by atoms with E-state index < -0.39 is 0 Å². The molecule has 0 aliphatic heterocycles. The van der Waals surface area contributed by atoms with Crippen LogP contribution in [-0.2, 0) is 11.3 Å². The molecule has 0 atom stereocenters. The molecule has 1 aromatic rings. The number of guanidine groups is 1. The molecule has 7 nitrogen and oxygen atoms in total. The van der Waals surface area contributed by atoms with Crippen LogP contribution in [0.5, 0.6) is 0 Å². The van der Waals surface area contributed by atoms with Gasteiger partial charge in [0.15, 0.2) is 5.96 Å². The van der Waals surface area contributed by atoms with Gasteiger partial charge in [-0.15, -0.1) is 34.2 Å². The molecule has 8 heteroatoms. The summed E-state index contributed by atoms with van der Waals surface area (Å²) in [4.78, 5) is 4.57. The number of nitrogens with one attached hydrogen (secondary N) is 2. The Kier molecular flexibility index (Phi) is 15.0. The van der Waals surface area contributed by atoms with Crippen molar-refractivity contribution < 1.29 is 4.74 Å². The fraction of sp³-hybridized carbons (Fsp3) is 0.812. The van der Waals surface area contributed by atoms with E-state index in [9.17, 15) is 0 Å². The van der Waals surface area contributed by atoms with Gasteiger partial charge in [-0.1, -0.05) is 13.8 Å². The number of aromatic nitrogens is 3. The van der Waals surface area contributed by atoms with Crippen LogP contribution in [0.3, 0.4) is 0 Å². The number of hydrogen-bond donors (Lipinski definition) is 2. The summed E-state index contributed by atoms with van der Waals surface area (Å²) in [6.45, 7) is 11.5. The van der Waals surface area contributed by atoms with E-state index in [1.54, 1.807) is 12.7 Å². The molecule has 1 aromatic heterocycles. The van der Waals surface area contributed by atoms with Crippen LogP contribution in [0.4, 0.5) is 0 Å². The van der Waals surface area contributed by atoms with Crippen molar-refractivity contribution in [2.75, 3.05) is 32.8 Å². The van der Waals surface area contributed by atoms with E-state index in [4.69, 9.17) is 4.74 Å². The molecule has 0 radical (unpaired) electrons. The quantitative estimate of drug-likeness (QED) is 0.220. The second kappa shape index (κ2) is 15.6. The lowest BCUT2D eigenvalue weighted by atomic mass is 10.2. The molecule has 0 spiro atoms. The molecule has 0 aromatic carbocycles. The molecule has 0 fully saturated rings. The van der Waals surface area contributed by atoms with Gasteiger partial charge in [-0.25, -0.2) is 0 Å². The van der Waals surface area contributed by atoms with Crippen molar-refractivity contribution >= 4 is 29.9 Å². The van der Waals surface area contributed by atoms with Crippen LogP contribution < -0.4 is 10.6 Å². The van der Waals surface area contributed by atoms with E-state index in [1.807, 2.05) is 4.57 Å². The second-order valence-electron chi connectivity index (χ2n) is 5.92. The molecule has 1 heterocycles. The van der Waals surface area contributed by atoms with Gasteiger partial charge in [0.2, 0.25) is 0 Å². The van der Waals surface area contributed by atoms with Crippen molar-refractivity contribution in [3.8, 4) is 0 Å². The lowest BCUT2D eigenvalue weighted by molar-refractivity contribution is 0.109. The minimum Gasteiger partial charge on any atom is -0.381 e. The highest BCUT2D eigenvalue weighted by Gasteiger charge is 1.98. The van der Waals surface area contributed by atoms with Crippen molar-refractivity contribution in [1.82, 2.24) is 25.4 Å². The second-order valence-corrected chi connectivity index (χ2v) is 5.92. The van der Waals surface area contributed by atoms with Gasteiger partial charge in [0.1, 0.15) is 12.7 Å². The summed E-state index contributed by atoms with van der Waals surface area (Å²) >= 11 is 0. The number of halogens is 1. The highest BCUT2D eigenvalue weighted by Crippen LogP contribution is 1.94. The van der Waals surface area contributed by atoms with Gasteiger partial charge in [-0.2, -0.15) is 0 Å². The lowest BCUT2D eigenvalue weighted by Crippen LogP contribution is -2.38. The zero-order valence-electron chi connectivity index (χ0n) is 15.2. The summed E-state index contributed by atoms with van der Waals surface area (Å²) in [6, 6.07) is 0. The number of hydrogen-bond acceptors (Lipinski definition) is 4. The first-order chi connectivity index (χ1) is 11.2. The van der Waals surface area contributed by atoms with Crippen LogP contribution in [-0.4, -0.2) is 53.6 Å². The lowest BCUT2D eigenvalue weighted by Gasteiger charge is -2.11. The largest absolute Gasteiger partial charge is 0.381 e. The number of rotatable bonds is 12. The number of aliphatic imine (C=N–C) groups is 1. The third kappa shape index (κ3) is 12.5. The maximum atomic E-state index is 5.56. The highest BCUT2D eigenvalue weighted by molar-refractivity contribution is 14.0. The first kappa shape index (κ1) is 23.1. The topological polar surface area (TPSA) is 76.4 Å². The van der Waals surface area contributed by atoms with Gasteiger partial charge in [0, 0.05) is 39.4 Å². The predicted octanol–water partition coefficient (Wildman–Crippen LogP) is 2.29. The van der Waals surface area contributed by atoms with Crippen molar-refractivity contribution in [3.63, 3.8) is 0 Å². The molecule has 0 saturated heterocycles. The minimum atomic E-state index is 0. The van der Waals surface area contributed by atoms with Crippen LogP contribution in [0.1, 0.15) is 40.0 Å². The summed E-state index contributed by atoms with van der Waals surface area (Å²) in [7, 11) is 0. The molecule has 0 aliphatic rings. The fourth-order valence-electron chi connectivity index (χ4n) is 1.98. The summed E-state index contributed by atoms with van der Waals surface area (Å²) < 4.78 is 7.56. The number of unbranched alkanes of at least 4 members (excludes halogenated alkanes) is 1. The first-order valence-corrected chi connectivity index (χ1v) is 8.64. The molecule has 0 unspecified atom stereocenters. The van der Waals surface area contributed by atoms with E-state index in [1.165, 1.54) is 0 Å². The van der Waals surface area contributed by atoms with Crippen molar-refractivity contribution in [2.24, 2.45) is 10.9 Å². The third-order valence-electron chi connectivity index (χ3n) is 3.11. The number of ether oxygens (including phenoxy) is 1. The summed E-state index contributed by atoms with van der Waals surface area (Å²) in [5, 5.41) is 14.2. The SMILES string of the molecule is CCNC(=NCCCOCC(C)C)NCCCCn1cnnc1.I. The van der Waals surface area contributed by atoms with Crippen molar-refractivity contribution in [3.05, 3.63) is 12.7 Å². The predicted molar refractivity (Wildman–Crippen MR) is 109 cm³/mol. The average molecular weight is 452 g/mol. The number of nitrogens with zero attached hydrogens (tertiary/aromatic N) is 4. The Bertz CT molecular complexity index is 411. The zero-order valence-corrected chi connectivity index (χ0v) is 17.5. The Hall–Kier alpha value is -0.900. The molecule has 0 bridgehead atoms. The van der Waals surface area contributed by atoms with Gasteiger partial charge in [-0.3, -0.25) is 4.99 Å². The van der Waals surface area contributed by atoms with Crippen LogP contribution in [0.2, 0.25) is 0 Å².